The van der Waals surface area contributed by atoms with Crippen LogP contribution < -0.4 is 10.6 Å². The molecule has 0 radical (unpaired) electrons. The van der Waals surface area contributed by atoms with E-state index in [4.69, 9.17) is 0 Å². The van der Waals surface area contributed by atoms with Crippen molar-refractivity contribution in [2.45, 2.75) is 55.3 Å². The van der Waals surface area contributed by atoms with Gasteiger partial charge in [-0.05, 0) is 49.3 Å². The van der Waals surface area contributed by atoms with E-state index < -0.39 is 5.54 Å². The molecule has 2 aromatic rings. The van der Waals surface area contributed by atoms with E-state index in [1.807, 2.05) is 12.1 Å². The zero-order chi connectivity index (χ0) is 19.3. The molecule has 142 valence electrons. The van der Waals surface area contributed by atoms with Gasteiger partial charge >= 0.3 is 0 Å². The van der Waals surface area contributed by atoms with E-state index in [2.05, 4.69) is 52.9 Å². The molecule has 1 fully saturated rings. The van der Waals surface area contributed by atoms with Crippen molar-refractivity contribution in [3.8, 4) is 6.07 Å². The fourth-order valence-corrected chi connectivity index (χ4v) is 4.64. The van der Waals surface area contributed by atoms with E-state index >= 15 is 0 Å². The number of hydrogen-bond donors (Lipinski definition) is 2. The number of anilines is 2. The van der Waals surface area contributed by atoms with E-state index in [0.29, 0.717) is 11.0 Å². The number of nitrogens with zero attached hydrogens (tertiary/aromatic N) is 3. The summed E-state index contributed by atoms with van der Waals surface area (Å²) in [5, 5.41) is 24.4. The molecule has 0 bridgehead atoms. The minimum Gasteiger partial charge on any atom is -0.337 e. The van der Waals surface area contributed by atoms with Crippen molar-refractivity contribution in [1.82, 2.24) is 15.5 Å². The highest BCUT2D eigenvalue weighted by Crippen LogP contribution is 2.30. The molecule has 0 spiro atoms. The van der Waals surface area contributed by atoms with Crippen LogP contribution in [0.3, 0.4) is 0 Å². The predicted octanol–water partition coefficient (Wildman–Crippen LogP) is 4.45. The molecule has 6 nitrogen and oxygen atoms in total. The number of carbonyl (C=O) groups excluding carboxylic acids is 1. The van der Waals surface area contributed by atoms with Crippen LogP contribution in [-0.2, 0) is 4.79 Å². The number of amides is 1. The molecule has 1 heterocycles. The average molecular weight is 402 g/mol. The number of hydrogen-bond acceptors (Lipinski definition) is 7. The Balaban J connectivity index is 1.50. The summed E-state index contributed by atoms with van der Waals surface area (Å²) in [5.41, 5.74) is 1.58. The Bertz CT molecular complexity index is 819. The summed E-state index contributed by atoms with van der Waals surface area (Å²) in [6, 6.07) is 10.5. The number of benzene rings is 1. The summed E-state index contributed by atoms with van der Waals surface area (Å²) >= 11 is 2.75. The molecule has 0 atom stereocenters. The normalized spacial score (nSPS) is 15.5. The lowest BCUT2D eigenvalue weighted by Crippen LogP contribution is -2.45. The average Bonchev–Trinajstić information content (AvgIpc) is 3.30. The lowest BCUT2D eigenvalue weighted by Gasteiger charge is -2.21. The van der Waals surface area contributed by atoms with Crippen LogP contribution in [0.4, 0.5) is 10.8 Å². The van der Waals surface area contributed by atoms with Gasteiger partial charge in [-0.2, -0.15) is 5.26 Å². The third-order valence-electron chi connectivity index (χ3n) is 4.61. The number of aromatic nitrogens is 2. The lowest BCUT2D eigenvalue weighted by atomic mass is 10.0. The Hall–Kier alpha value is -2.11. The number of nitriles is 1. The van der Waals surface area contributed by atoms with Gasteiger partial charge < -0.3 is 10.6 Å². The third-order valence-corrected chi connectivity index (χ3v) is 6.58. The van der Waals surface area contributed by atoms with Crippen LogP contribution >= 0.6 is 23.1 Å². The second kappa shape index (κ2) is 8.72. The van der Waals surface area contributed by atoms with E-state index in [0.717, 1.165) is 35.7 Å². The summed E-state index contributed by atoms with van der Waals surface area (Å²) in [7, 11) is 0. The molecular weight excluding hydrogens is 378 g/mol. The minimum absolute atomic E-state index is 0.127. The summed E-state index contributed by atoms with van der Waals surface area (Å²) in [6.07, 6.45) is 3.46. The number of carbonyl (C=O) groups is 1. The van der Waals surface area contributed by atoms with Gasteiger partial charge in [0.25, 0.3) is 0 Å². The van der Waals surface area contributed by atoms with Crippen LogP contribution in [0.2, 0.25) is 0 Å². The zero-order valence-electron chi connectivity index (χ0n) is 15.5. The fraction of sp³-hybridized carbons (Fsp3) is 0.474. The molecule has 1 amide bonds. The Morgan fingerprint density at radius 1 is 1.30 bits per heavy atom. The zero-order valence-corrected chi connectivity index (χ0v) is 17.1. The maximum atomic E-state index is 12.2. The molecular formula is C19H23N5OS2. The molecule has 0 saturated heterocycles. The molecule has 8 heteroatoms. The fourth-order valence-electron chi connectivity index (χ4n) is 3.07. The van der Waals surface area contributed by atoms with Gasteiger partial charge in [0.05, 0.1) is 11.8 Å². The van der Waals surface area contributed by atoms with Gasteiger partial charge in [0.1, 0.15) is 5.54 Å². The number of nitrogens with one attached hydrogen (secondary N) is 2. The highest BCUT2D eigenvalue weighted by atomic mass is 32.2. The largest absolute Gasteiger partial charge is 0.337 e. The number of thioether (sulfide) groups is 1. The van der Waals surface area contributed by atoms with Crippen LogP contribution in [0, 0.1) is 11.3 Å². The Kier molecular flexibility index (Phi) is 6.34. The van der Waals surface area contributed by atoms with Crippen molar-refractivity contribution in [1.29, 1.82) is 5.26 Å². The van der Waals surface area contributed by atoms with Crippen molar-refractivity contribution in [3.05, 3.63) is 29.8 Å². The van der Waals surface area contributed by atoms with E-state index in [1.165, 1.54) is 28.7 Å². The third kappa shape index (κ3) is 5.21. The van der Waals surface area contributed by atoms with E-state index in [-0.39, 0.29) is 11.7 Å². The number of rotatable bonds is 7. The van der Waals surface area contributed by atoms with Crippen molar-refractivity contribution in [2.75, 3.05) is 11.1 Å². The van der Waals surface area contributed by atoms with Crippen molar-refractivity contribution >= 4 is 39.8 Å². The SMILES string of the molecule is CC(C)c1ccc(Nc2nnc(SCC(=O)NC3(C#N)CCCC3)s2)cc1. The summed E-state index contributed by atoms with van der Waals surface area (Å²) in [4.78, 5) is 12.2. The van der Waals surface area contributed by atoms with Crippen LogP contribution in [0.15, 0.2) is 28.6 Å². The van der Waals surface area contributed by atoms with Crippen LogP contribution in [-0.4, -0.2) is 27.4 Å². The lowest BCUT2D eigenvalue weighted by molar-refractivity contribution is -0.119. The topological polar surface area (TPSA) is 90.7 Å². The van der Waals surface area contributed by atoms with Gasteiger partial charge in [-0.1, -0.05) is 49.1 Å². The first kappa shape index (κ1) is 19.6. The smallest absolute Gasteiger partial charge is 0.231 e. The van der Waals surface area contributed by atoms with Gasteiger partial charge in [-0.25, -0.2) is 0 Å². The second-order valence-electron chi connectivity index (χ2n) is 7.01. The van der Waals surface area contributed by atoms with Crippen LogP contribution in [0.25, 0.3) is 0 Å². The van der Waals surface area contributed by atoms with Gasteiger partial charge in [-0.3, -0.25) is 4.79 Å². The molecule has 1 saturated carbocycles. The molecule has 1 aromatic heterocycles. The Morgan fingerprint density at radius 2 is 2.00 bits per heavy atom. The van der Waals surface area contributed by atoms with Gasteiger partial charge in [0.2, 0.25) is 11.0 Å². The maximum Gasteiger partial charge on any atom is 0.231 e. The van der Waals surface area contributed by atoms with Gasteiger partial charge in [0.15, 0.2) is 4.34 Å². The summed E-state index contributed by atoms with van der Waals surface area (Å²) in [6.45, 7) is 4.33. The van der Waals surface area contributed by atoms with Crippen molar-refractivity contribution in [2.24, 2.45) is 0 Å². The monoisotopic (exact) mass is 401 g/mol. The second-order valence-corrected chi connectivity index (χ2v) is 9.21. The highest BCUT2D eigenvalue weighted by molar-refractivity contribution is 8.01. The molecule has 2 N–H and O–H groups in total. The van der Waals surface area contributed by atoms with E-state index in [1.54, 1.807) is 0 Å². The van der Waals surface area contributed by atoms with Crippen molar-refractivity contribution < 1.29 is 4.79 Å². The van der Waals surface area contributed by atoms with Crippen LogP contribution in [0.5, 0.6) is 0 Å². The standard InChI is InChI=1S/C19H23N5OS2/c1-13(2)14-5-7-15(8-6-14)21-17-23-24-18(27-17)26-11-16(25)22-19(12-20)9-3-4-10-19/h5-8,13H,3-4,9-11H2,1-2H3,(H,21,23)(H,22,25). The molecule has 1 aliphatic rings. The molecule has 27 heavy (non-hydrogen) atoms. The maximum absolute atomic E-state index is 12.2. The molecule has 1 aliphatic carbocycles. The predicted molar refractivity (Wildman–Crippen MR) is 109 cm³/mol. The van der Waals surface area contributed by atoms with E-state index in [9.17, 15) is 10.1 Å². The molecule has 0 aliphatic heterocycles. The van der Waals surface area contributed by atoms with Gasteiger partial charge in [0, 0.05) is 5.69 Å². The first-order valence-electron chi connectivity index (χ1n) is 9.05. The molecule has 1 aromatic carbocycles. The Morgan fingerprint density at radius 3 is 2.63 bits per heavy atom. The molecule has 3 rings (SSSR count). The summed E-state index contributed by atoms with van der Waals surface area (Å²) < 4.78 is 0.726. The quantitative estimate of drug-likeness (QED) is 0.666. The van der Waals surface area contributed by atoms with Gasteiger partial charge in [-0.15, -0.1) is 10.2 Å². The van der Waals surface area contributed by atoms with Crippen molar-refractivity contribution in [3.63, 3.8) is 0 Å². The Labute approximate surface area is 167 Å². The first-order chi connectivity index (χ1) is 13.0. The first-order valence-corrected chi connectivity index (χ1v) is 10.9. The molecule has 0 unspecified atom stereocenters. The minimum atomic E-state index is -0.673. The highest BCUT2D eigenvalue weighted by Gasteiger charge is 2.35. The van der Waals surface area contributed by atoms with Crippen LogP contribution in [0.1, 0.15) is 51.0 Å². The summed E-state index contributed by atoms with van der Waals surface area (Å²) in [5.74, 6) is 0.609.